The number of carbonyl (C=O) groups is 4. The average molecular weight is 683 g/mol. The van der Waals surface area contributed by atoms with E-state index in [9.17, 15) is 24.3 Å². The largest absolute Gasteiger partial charge is 0.469 e. The van der Waals surface area contributed by atoms with Crippen LogP contribution in [0.4, 0.5) is 0 Å². The van der Waals surface area contributed by atoms with Crippen LogP contribution in [0.15, 0.2) is 22.8 Å². The van der Waals surface area contributed by atoms with E-state index in [1.807, 2.05) is 34.6 Å². The maximum atomic E-state index is 14.7. The van der Waals surface area contributed by atoms with E-state index < -0.39 is 40.8 Å². The zero-order chi connectivity index (χ0) is 36.1. The molecule has 11 atom stereocenters. The smallest absolute Gasteiger partial charge is 0.313 e. The van der Waals surface area contributed by atoms with Crippen molar-refractivity contribution in [1.29, 1.82) is 0 Å². The van der Waals surface area contributed by atoms with Crippen molar-refractivity contribution in [2.75, 3.05) is 7.11 Å². The number of epoxide rings is 2. The number of Topliss-reactive ketones (excluding diaryl/α,β-unsaturated/α-hetero) is 3. The summed E-state index contributed by atoms with van der Waals surface area (Å²) < 4.78 is 18.0. The topological polar surface area (TPSA) is 123 Å². The summed E-state index contributed by atoms with van der Waals surface area (Å²) in [5.41, 5.74) is 0.440. The molecule has 3 aliphatic carbocycles. The number of hydrogen-bond donors (Lipinski definition) is 1. The van der Waals surface area contributed by atoms with Crippen molar-refractivity contribution in [3.05, 3.63) is 22.8 Å². The van der Waals surface area contributed by atoms with Crippen LogP contribution in [0.25, 0.3) is 0 Å². The lowest BCUT2D eigenvalue weighted by Gasteiger charge is -2.48. The van der Waals surface area contributed by atoms with Crippen molar-refractivity contribution in [2.24, 2.45) is 40.9 Å². The van der Waals surface area contributed by atoms with Gasteiger partial charge in [-0.3, -0.25) is 19.2 Å². The Hall–Kier alpha value is -2.16. The van der Waals surface area contributed by atoms with E-state index in [1.54, 1.807) is 0 Å². The van der Waals surface area contributed by atoms with Crippen molar-refractivity contribution < 1.29 is 38.5 Å². The zero-order valence-electron chi connectivity index (χ0n) is 31.6. The molecule has 0 spiro atoms. The second-order valence-electron chi connectivity index (χ2n) is 17.4. The maximum Gasteiger partial charge on any atom is 0.313 e. The Kier molecular flexibility index (Phi) is 11.2. The summed E-state index contributed by atoms with van der Waals surface area (Å²) in [5.74, 6) is -2.92. The van der Waals surface area contributed by atoms with Crippen LogP contribution in [0.2, 0.25) is 0 Å². The number of aliphatic hydroxyl groups excluding tert-OH is 1. The van der Waals surface area contributed by atoms with Crippen molar-refractivity contribution >= 4 is 23.3 Å². The van der Waals surface area contributed by atoms with Crippen molar-refractivity contribution in [1.82, 2.24) is 0 Å². The molecule has 0 bridgehead atoms. The minimum absolute atomic E-state index is 0.0166. The minimum atomic E-state index is -1.52. The molecule has 2 aliphatic heterocycles. The molecular formula is C41H62O8. The van der Waals surface area contributed by atoms with E-state index in [0.29, 0.717) is 12.8 Å². The molecule has 274 valence electrons. The highest BCUT2D eigenvalue weighted by molar-refractivity contribution is 5.97. The summed E-state index contributed by atoms with van der Waals surface area (Å²) in [6.07, 6.45) is 7.67. The summed E-state index contributed by atoms with van der Waals surface area (Å²) in [4.78, 5) is 57.4. The third kappa shape index (κ3) is 7.58. The van der Waals surface area contributed by atoms with Gasteiger partial charge in [-0.1, -0.05) is 63.3 Å². The second-order valence-corrected chi connectivity index (χ2v) is 17.4. The molecule has 8 heteroatoms. The van der Waals surface area contributed by atoms with E-state index in [1.165, 1.54) is 7.11 Å². The number of ether oxygens (including phenoxy) is 3. The molecular weight excluding hydrogens is 620 g/mol. The number of carbonyl (C=O) groups excluding carboxylic acids is 4. The highest BCUT2D eigenvalue weighted by Gasteiger charge is 2.62. The average Bonchev–Trinajstić information content (AvgIpc) is 3.92. The molecule has 0 radical (unpaired) electrons. The lowest BCUT2D eigenvalue weighted by Crippen LogP contribution is -2.54. The number of ketones is 3. The van der Waals surface area contributed by atoms with Crippen LogP contribution in [-0.4, -0.2) is 65.0 Å². The van der Waals surface area contributed by atoms with Crippen LogP contribution in [0.5, 0.6) is 0 Å². The van der Waals surface area contributed by atoms with Gasteiger partial charge in [-0.05, 0) is 84.5 Å². The van der Waals surface area contributed by atoms with Gasteiger partial charge in [-0.2, -0.15) is 0 Å². The van der Waals surface area contributed by atoms with Gasteiger partial charge in [0.25, 0.3) is 0 Å². The molecule has 5 rings (SSSR count). The number of rotatable bonds is 2. The lowest BCUT2D eigenvalue weighted by atomic mass is 9.53. The van der Waals surface area contributed by atoms with Crippen molar-refractivity contribution in [2.45, 2.75) is 162 Å². The molecule has 0 amide bonds. The van der Waals surface area contributed by atoms with Crippen LogP contribution in [0.3, 0.4) is 0 Å². The first kappa shape index (κ1) is 38.1. The van der Waals surface area contributed by atoms with Gasteiger partial charge in [0.2, 0.25) is 0 Å². The van der Waals surface area contributed by atoms with Gasteiger partial charge >= 0.3 is 5.97 Å². The van der Waals surface area contributed by atoms with Crippen LogP contribution in [0.1, 0.15) is 132 Å². The van der Waals surface area contributed by atoms with Gasteiger partial charge in [-0.15, -0.1) is 0 Å². The first-order chi connectivity index (χ1) is 23.0. The molecule has 8 nitrogen and oxygen atoms in total. The molecule has 5 aliphatic rings. The third-order valence-electron chi connectivity index (χ3n) is 13.3. The van der Waals surface area contributed by atoms with Crippen LogP contribution in [0, 0.1) is 40.9 Å². The Bertz CT molecular complexity index is 1380. The Morgan fingerprint density at radius 1 is 0.918 bits per heavy atom. The summed E-state index contributed by atoms with van der Waals surface area (Å²) in [6, 6.07) is 0. The normalized spacial score (nSPS) is 42.8. The summed E-state index contributed by atoms with van der Waals surface area (Å²) in [6.45, 7) is 16.1. The van der Waals surface area contributed by atoms with Gasteiger partial charge < -0.3 is 19.3 Å². The van der Waals surface area contributed by atoms with E-state index in [4.69, 9.17) is 14.2 Å². The molecule has 2 heterocycles. The predicted octanol–water partition coefficient (Wildman–Crippen LogP) is 7.29. The summed E-state index contributed by atoms with van der Waals surface area (Å²) >= 11 is 0. The molecule has 3 fully saturated rings. The molecule has 0 aromatic heterocycles. The minimum Gasteiger partial charge on any atom is -0.469 e. The molecule has 49 heavy (non-hydrogen) atoms. The summed E-state index contributed by atoms with van der Waals surface area (Å²) in [7, 11) is 1.34. The molecule has 0 aromatic rings. The second kappa shape index (κ2) is 14.5. The van der Waals surface area contributed by atoms with E-state index in [-0.39, 0.29) is 72.2 Å². The number of esters is 1. The number of fused-ring (bicyclic) bond motifs is 5. The standard InChI is InChI=1S/C41H62O8/c1-23(2)28-20-32(42)26(5)12-10-11-24(3)18-33(43)31-19-27(6)29-21-35(45)40(8)37(49-40)15-16-39(7)36(48-39)14-13-25(4)17-30(29)41(31,22-34(28)44)38(46)47-9/h17,23-24,26,28,30-31,35-37,45H,10-16,18-22H2,1-9H3. The van der Waals surface area contributed by atoms with Crippen LogP contribution in [-0.2, 0) is 33.4 Å². The number of methoxy groups -OCH3 is 1. The fraction of sp³-hybridized carbons (Fsp3) is 0.805. The van der Waals surface area contributed by atoms with Gasteiger partial charge in [0.15, 0.2) is 0 Å². The quantitative estimate of drug-likeness (QED) is 0.183. The maximum absolute atomic E-state index is 14.7. The third-order valence-corrected chi connectivity index (χ3v) is 13.3. The molecule has 0 aromatic carbocycles. The van der Waals surface area contributed by atoms with E-state index >= 15 is 0 Å². The highest BCUT2D eigenvalue weighted by atomic mass is 16.6. The SMILES string of the molecule is COC(=O)C12CC(=O)C(C(C)C)CC(=O)C(C)CCCC(C)CC(=O)C1CC(C)=C1CC(O)C3(C)OC3CCC3(C)OC3CCC(C)=CC12. The molecule has 2 saturated heterocycles. The Labute approximate surface area is 294 Å². The van der Waals surface area contributed by atoms with E-state index in [0.717, 1.165) is 61.7 Å². The Balaban J connectivity index is 1.68. The highest BCUT2D eigenvalue weighted by Crippen LogP contribution is 2.57. The first-order valence-electron chi connectivity index (χ1n) is 19.0. The Morgan fingerprint density at radius 3 is 2.31 bits per heavy atom. The lowest BCUT2D eigenvalue weighted by molar-refractivity contribution is -0.166. The fourth-order valence-electron chi connectivity index (χ4n) is 9.55. The van der Waals surface area contributed by atoms with Crippen molar-refractivity contribution in [3.8, 4) is 0 Å². The van der Waals surface area contributed by atoms with E-state index in [2.05, 4.69) is 26.8 Å². The fourth-order valence-corrected chi connectivity index (χ4v) is 9.55. The summed E-state index contributed by atoms with van der Waals surface area (Å²) in [5, 5.41) is 11.8. The first-order valence-corrected chi connectivity index (χ1v) is 19.0. The van der Waals surface area contributed by atoms with Gasteiger partial charge in [0, 0.05) is 42.9 Å². The van der Waals surface area contributed by atoms with Gasteiger partial charge in [0.1, 0.15) is 23.0 Å². The number of aliphatic hydroxyl groups is 1. The monoisotopic (exact) mass is 682 g/mol. The number of allylic oxidation sites excluding steroid dienone is 3. The Morgan fingerprint density at radius 2 is 1.63 bits per heavy atom. The molecule has 1 saturated carbocycles. The van der Waals surface area contributed by atoms with Gasteiger partial charge in [0.05, 0.1) is 36.4 Å². The molecule has 1 N–H and O–H groups in total. The van der Waals surface area contributed by atoms with Crippen LogP contribution < -0.4 is 0 Å². The van der Waals surface area contributed by atoms with Crippen molar-refractivity contribution in [3.63, 3.8) is 0 Å². The molecule has 11 unspecified atom stereocenters. The van der Waals surface area contributed by atoms with Gasteiger partial charge in [-0.25, -0.2) is 0 Å². The zero-order valence-corrected chi connectivity index (χ0v) is 31.6. The number of hydrogen-bond acceptors (Lipinski definition) is 8. The van der Waals surface area contributed by atoms with Crippen LogP contribution >= 0.6 is 0 Å². The predicted molar refractivity (Wildman–Crippen MR) is 188 cm³/mol.